The molecule has 2 aliphatic carbocycles. The number of likely N-dealkylation sites (tertiary alicyclic amines) is 1. The number of ether oxygens (including phenoxy) is 2. The average Bonchev–Trinajstić information content (AvgIpc) is 3.07. The lowest BCUT2D eigenvalue weighted by Crippen LogP contribution is -2.44. The minimum absolute atomic E-state index is 0.169. The quantitative estimate of drug-likeness (QED) is 0.777. The van der Waals surface area contributed by atoms with Crippen molar-refractivity contribution in [1.82, 2.24) is 4.90 Å². The summed E-state index contributed by atoms with van der Waals surface area (Å²) in [6.07, 6.45) is 13.1. The van der Waals surface area contributed by atoms with Crippen molar-refractivity contribution in [2.24, 2.45) is 5.92 Å². The maximum Gasteiger partial charge on any atom is 0.248 e. The maximum absolute atomic E-state index is 12.4. The van der Waals surface area contributed by atoms with E-state index in [1.165, 1.54) is 44.9 Å². The van der Waals surface area contributed by atoms with E-state index < -0.39 is 0 Å². The normalized spacial score (nSPS) is 30.7. The number of rotatable bonds is 5. The molecule has 132 valence electrons. The van der Waals surface area contributed by atoms with Gasteiger partial charge in [0.15, 0.2) is 0 Å². The van der Waals surface area contributed by atoms with Crippen LogP contribution in [0.5, 0.6) is 0 Å². The highest BCUT2D eigenvalue weighted by molar-refractivity contribution is 5.77. The Morgan fingerprint density at radius 2 is 1.52 bits per heavy atom. The molecular weight excluding hydrogens is 290 g/mol. The standard InChI is InChI=1S/C19H33NO3/c1-15-6-2-5-9-18(15)22-14-19(21)20-12-10-17(11-13-20)23-16-7-3-4-8-16/h15-18H,2-14H2,1H3/t15-,18-/m1/s1. The Kier molecular flexibility index (Phi) is 6.35. The number of hydrogen-bond acceptors (Lipinski definition) is 3. The fourth-order valence-electron chi connectivity index (χ4n) is 4.34. The first kappa shape index (κ1) is 17.2. The highest BCUT2D eigenvalue weighted by Gasteiger charge is 2.28. The van der Waals surface area contributed by atoms with E-state index in [-0.39, 0.29) is 18.6 Å². The predicted octanol–water partition coefficient (Wildman–Crippen LogP) is 3.53. The molecule has 3 fully saturated rings. The summed E-state index contributed by atoms with van der Waals surface area (Å²) in [5, 5.41) is 0. The Labute approximate surface area is 140 Å². The van der Waals surface area contributed by atoms with Gasteiger partial charge in [-0.2, -0.15) is 0 Å². The summed E-state index contributed by atoms with van der Waals surface area (Å²) in [7, 11) is 0. The van der Waals surface area contributed by atoms with Gasteiger partial charge < -0.3 is 14.4 Å². The van der Waals surface area contributed by atoms with E-state index in [2.05, 4.69) is 6.92 Å². The van der Waals surface area contributed by atoms with Crippen molar-refractivity contribution >= 4 is 5.91 Å². The molecular formula is C19H33NO3. The molecule has 2 saturated carbocycles. The molecule has 0 bridgehead atoms. The van der Waals surface area contributed by atoms with Crippen LogP contribution in [-0.2, 0) is 14.3 Å². The Morgan fingerprint density at radius 1 is 0.913 bits per heavy atom. The average molecular weight is 323 g/mol. The lowest BCUT2D eigenvalue weighted by atomic mass is 9.88. The molecule has 4 heteroatoms. The van der Waals surface area contributed by atoms with Gasteiger partial charge in [-0.05, 0) is 44.4 Å². The molecule has 1 aliphatic heterocycles. The van der Waals surface area contributed by atoms with E-state index in [1.807, 2.05) is 4.90 Å². The van der Waals surface area contributed by atoms with Crippen LogP contribution in [0.2, 0.25) is 0 Å². The van der Waals surface area contributed by atoms with Crippen LogP contribution < -0.4 is 0 Å². The summed E-state index contributed by atoms with van der Waals surface area (Å²) in [5.74, 6) is 0.768. The summed E-state index contributed by atoms with van der Waals surface area (Å²) in [6.45, 7) is 4.18. The minimum atomic E-state index is 0.169. The zero-order chi connectivity index (χ0) is 16.1. The number of nitrogens with zero attached hydrogens (tertiary/aromatic N) is 1. The van der Waals surface area contributed by atoms with Crippen LogP contribution in [0.3, 0.4) is 0 Å². The van der Waals surface area contributed by atoms with Crippen molar-refractivity contribution < 1.29 is 14.3 Å². The van der Waals surface area contributed by atoms with Gasteiger partial charge >= 0.3 is 0 Å². The molecule has 4 nitrogen and oxygen atoms in total. The van der Waals surface area contributed by atoms with Gasteiger partial charge in [-0.3, -0.25) is 4.79 Å². The second kappa shape index (κ2) is 8.48. The molecule has 1 amide bonds. The lowest BCUT2D eigenvalue weighted by molar-refractivity contribution is -0.143. The van der Waals surface area contributed by atoms with Crippen LogP contribution in [0.25, 0.3) is 0 Å². The number of piperidine rings is 1. The summed E-state index contributed by atoms with van der Waals surface area (Å²) in [5.41, 5.74) is 0. The SMILES string of the molecule is C[C@@H]1CCCC[C@H]1OCC(=O)N1CCC(OC2CCCC2)CC1. The van der Waals surface area contributed by atoms with E-state index in [1.54, 1.807) is 0 Å². The molecule has 1 saturated heterocycles. The van der Waals surface area contributed by atoms with E-state index in [0.29, 0.717) is 18.1 Å². The fourth-order valence-corrected chi connectivity index (χ4v) is 4.34. The molecule has 0 radical (unpaired) electrons. The maximum atomic E-state index is 12.4. The van der Waals surface area contributed by atoms with Gasteiger partial charge in [-0.1, -0.05) is 32.6 Å². The Morgan fingerprint density at radius 3 is 2.22 bits per heavy atom. The molecule has 3 aliphatic rings. The van der Waals surface area contributed by atoms with Crippen molar-refractivity contribution in [3.8, 4) is 0 Å². The smallest absolute Gasteiger partial charge is 0.248 e. The number of hydrogen-bond donors (Lipinski definition) is 0. The molecule has 0 aromatic carbocycles. The zero-order valence-electron chi connectivity index (χ0n) is 14.7. The van der Waals surface area contributed by atoms with E-state index >= 15 is 0 Å². The first-order chi connectivity index (χ1) is 11.2. The van der Waals surface area contributed by atoms with Gasteiger partial charge in [0, 0.05) is 13.1 Å². The summed E-state index contributed by atoms with van der Waals surface area (Å²) in [4.78, 5) is 14.3. The topological polar surface area (TPSA) is 38.8 Å². The van der Waals surface area contributed by atoms with Crippen molar-refractivity contribution in [1.29, 1.82) is 0 Å². The highest BCUT2D eigenvalue weighted by atomic mass is 16.5. The Balaban J connectivity index is 1.34. The van der Waals surface area contributed by atoms with E-state index in [4.69, 9.17) is 9.47 Å². The van der Waals surface area contributed by atoms with Gasteiger partial charge in [0.2, 0.25) is 5.91 Å². The third kappa shape index (κ3) is 4.93. The number of amides is 1. The molecule has 0 spiro atoms. The zero-order valence-corrected chi connectivity index (χ0v) is 14.7. The van der Waals surface area contributed by atoms with Crippen LogP contribution >= 0.6 is 0 Å². The number of carbonyl (C=O) groups excluding carboxylic acids is 1. The second-order valence-electron chi connectivity index (χ2n) is 7.73. The molecule has 1 heterocycles. The van der Waals surface area contributed by atoms with Crippen molar-refractivity contribution in [2.45, 2.75) is 89.4 Å². The molecule has 2 atom stereocenters. The van der Waals surface area contributed by atoms with Gasteiger partial charge in [-0.15, -0.1) is 0 Å². The monoisotopic (exact) mass is 323 g/mol. The van der Waals surface area contributed by atoms with Crippen LogP contribution in [0.4, 0.5) is 0 Å². The first-order valence-electron chi connectivity index (χ1n) is 9.77. The minimum Gasteiger partial charge on any atom is -0.375 e. The molecule has 23 heavy (non-hydrogen) atoms. The lowest BCUT2D eigenvalue weighted by Gasteiger charge is -2.34. The van der Waals surface area contributed by atoms with Gasteiger partial charge in [0.05, 0.1) is 18.3 Å². The molecule has 0 N–H and O–H groups in total. The predicted molar refractivity (Wildman–Crippen MR) is 90.3 cm³/mol. The van der Waals surface area contributed by atoms with Crippen molar-refractivity contribution in [3.63, 3.8) is 0 Å². The molecule has 0 aromatic rings. The number of carbonyl (C=O) groups is 1. The largest absolute Gasteiger partial charge is 0.375 e. The fraction of sp³-hybridized carbons (Fsp3) is 0.947. The molecule has 0 unspecified atom stereocenters. The summed E-state index contributed by atoms with van der Waals surface area (Å²) < 4.78 is 12.1. The molecule has 3 rings (SSSR count). The van der Waals surface area contributed by atoms with E-state index in [0.717, 1.165) is 32.4 Å². The van der Waals surface area contributed by atoms with Crippen molar-refractivity contribution in [3.05, 3.63) is 0 Å². The summed E-state index contributed by atoms with van der Waals surface area (Å²) in [6, 6.07) is 0. The van der Waals surface area contributed by atoms with Gasteiger partial charge in [-0.25, -0.2) is 0 Å². The van der Waals surface area contributed by atoms with Gasteiger partial charge in [0.1, 0.15) is 6.61 Å². The van der Waals surface area contributed by atoms with Gasteiger partial charge in [0.25, 0.3) is 0 Å². The van der Waals surface area contributed by atoms with Crippen molar-refractivity contribution in [2.75, 3.05) is 19.7 Å². The van der Waals surface area contributed by atoms with Crippen LogP contribution in [0.1, 0.15) is 71.1 Å². The van der Waals surface area contributed by atoms with E-state index in [9.17, 15) is 4.79 Å². The Hall–Kier alpha value is -0.610. The Bertz CT molecular complexity index is 373. The summed E-state index contributed by atoms with van der Waals surface area (Å²) >= 11 is 0. The van der Waals surface area contributed by atoms with Crippen LogP contribution in [-0.4, -0.2) is 48.8 Å². The second-order valence-corrected chi connectivity index (χ2v) is 7.73. The van der Waals surface area contributed by atoms with Crippen LogP contribution in [0.15, 0.2) is 0 Å². The van der Waals surface area contributed by atoms with Crippen LogP contribution in [0, 0.1) is 5.92 Å². The third-order valence-corrected chi connectivity index (χ3v) is 5.94. The third-order valence-electron chi connectivity index (χ3n) is 5.94. The first-order valence-corrected chi connectivity index (χ1v) is 9.77. The molecule has 0 aromatic heterocycles. The highest BCUT2D eigenvalue weighted by Crippen LogP contribution is 2.27.